The van der Waals surface area contributed by atoms with Gasteiger partial charge in [-0.1, -0.05) is 13.3 Å². The van der Waals surface area contributed by atoms with Gasteiger partial charge in [0.15, 0.2) is 5.75 Å². The molecule has 0 radical (unpaired) electrons. The van der Waals surface area contributed by atoms with Crippen molar-refractivity contribution in [1.29, 1.82) is 0 Å². The van der Waals surface area contributed by atoms with Crippen LogP contribution in [0.25, 0.3) is 0 Å². The molecule has 2 rings (SSSR count). The fourth-order valence-electron chi connectivity index (χ4n) is 2.55. The summed E-state index contributed by atoms with van der Waals surface area (Å²) in [4.78, 5) is 12.0. The fourth-order valence-corrected chi connectivity index (χ4v) is 2.55. The summed E-state index contributed by atoms with van der Waals surface area (Å²) in [5.41, 5.74) is 0.985. The zero-order chi connectivity index (χ0) is 12.3. The van der Waals surface area contributed by atoms with E-state index < -0.39 is 0 Å². The van der Waals surface area contributed by atoms with Crippen LogP contribution in [-0.4, -0.2) is 22.7 Å². The summed E-state index contributed by atoms with van der Waals surface area (Å²) >= 11 is 0. The molecule has 0 N–H and O–H groups in total. The van der Waals surface area contributed by atoms with Crippen LogP contribution in [0.5, 0.6) is 5.75 Å². The van der Waals surface area contributed by atoms with Crippen molar-refractivity contribution in [1.82, 2.24) is 9.78 Å². The summed E-state index contributed by atoms with van der Waals surface area (Å²) in [6, 6.07) is 0. The van der Waals surface area contributed by atoms with Gasteiger partial charge in [0, 0.05) is 13.0 Å². The van der Waals surface area contributed by atoms with Gasteiger partial charge in [0.25, 0.3) is 0 Å². The lowest BCUT2D eigenvalue weighted by Crippen LogP contribution is -2.21. The number of aromatic nitrogens is 2. The second kappa shape index (κ2) is 5.34. The van der Waals surface area contributed by atoms with E-state index in [4.69, 9.17) is 4.74 Å². The summed E-state index contributed by atoms with van der Waals surface area (Å²) in [5, 5.41) is 4.33. The van der Waals surface area contributed by atoms with Crippen molar-refractivity contribution in [2.24, 2.45) is 0 Å². The predicted molar refractivity (Wildman–Crippen MR) is 65.3 cm³/mol. The molecule has 0 spiro atoms. The third-order valence-corrected chi connectivity index (χ3v) is 3.38. The van der Waals surface area contributed by atoms with Crippen LogP contribution < -0.4 is 4.74 Å². The number of methoxy groups -OCH3 is 1. The normalized spacial score (nSPS) is 20.6. The molecule has 0 saturated heterocycles. The van der Waals surface area contributed by atoms with Gasteiger partial charge in [0.2, 0.25) is 0 Å². The van der Waals surface area contributed by atoms with E-state index in [1.165, 1.54) is 0 Å². The summed E-state index contributed by atoms with van der Waals surface area (Å²) in [6.45, 7) is 2.96. The van der Waals surface area contributed by atoms with E-state index in [1.807, 2.05) is 4.68 Å². The number of hydrogen-bond donors (Lipinski definition) is 0. The van der Waals surface area contributed by atoms with E-state index in [0.717, 1.165) is 43.7 Å². The smallest absolute Gasteiger partial charge is 0.160 e. The summed E-state index contributed by atoms with van der Waals surface area (Å²) in [6.07, 6.45) is 6.53. The van der Waals surface area contributed by atoms with Crippen LogP contribution in [-0.2, 0) is 11.3 Å². The van der Waals surface area contributed by atoms with Crippen LogP contribution >= 0.6 is 0 Å². The van der Waals surface area contributed by atoms with Gasteiger partial charge in [-0.15, -0.1) is 0 Å². The van der Waals surface area contributed by atoms with Crippen LogP contribution in [0.4, 0.5) is 0 Å². The zero-order valence-electron chi connectivity index (χ0n) is 10.6. The topological polar surface area (TPSA) is 44.1 Å². The minimum atomic E-state index is -0.00671. The molecule has 1 atom stereocenters. The third kappa shape index (κ3) is 2.35. The monoisotopic (exact) mass is 236 g/mol. The Morgan fingerprint density at radius 1 is 1.53 bits per heavy atom. The average Bonchev–Trinajstić information content (AvgIpc) is 2.73. The lowest BCUT2D eigenvalue weighted by Gasteiger charge is -2.22. The van der Waals surface area contributed by atoms with Crippen molar-refractivity contribution in [3.8, 4) is 5.75 Å². The molecule has 0 amide bonds. The van der Waals surface area contributed by atoms with Crippen molar-refractivity contribution >= 4 is 5.78 Å². The Balaban J connectivity index is 2.33. The first-order valence-corrected chi connectivity index (χ1v) is 6.40. The van der Waals surface area contributed by atoms with Crippen LogP contribution in [0.3, 0.4) is 0 Å². The molecule has 1 unspecified atom stereocenters. The Bertz CT molecular complexity index is 398. The number of aryl methyl sites for hydroxylation is 1. The van der Waals surface area contributed by atoms with Crippen LogP contribution in [0.1, 0.15) is 50.6 Å². The molecular weight excluding hydrogens is 216 g/mol. The Hall–Kier alpha value is -1.32. The van der Waals surface area contributed by atoms with Gasteiger partial charge in [-0.25, -0.2) is 0 Å². The quantitative estimate of drug-likeness (QED) is 0.807. The van der Waals surface area contributed by atoms with E-state index in [0.29, 0.717) is 12.2 Å². The summed E-state index contributed by atoms with van der Waals surface area (Å²) in [5.74, 6) is 1.10. The van der Waals surface area contributed by atoms with Crippen molar-refractivity contribution in [3.05, 3.63) is 11.9 Å². The largest absolute Gasteiger partial charge is 0.493 e. The highest BCUT2D eigenvalue weighted by atomic mass is 16.5. The van der Waals surface area contributed by atoms with Gasteiger partial charge in [0.05, 0.1) is 24.9 Å². The lowest BCUT2D eigenvalue weighted by atomic mass is 9.85. The van der Waals surface area contributed by atoms with E-state index >= 15 is 0 Å². The highest BCUT2D eigenvalue weighted by molar-refractivity contribution is 5.86. The first kappa shape index (κ1) is 12.1. The highest BCUT2D eigenvalue weighted by Gasteiger charge is 2.29. The standard InChI is InChI=1S/C13H20N2O2/c1-3-8-15-13(12(17-2)9-14-15)10-6-4-5-7-11(10)16/h9-10H,3-8H2,1-2H3. The average molecular weight is 236 g/mol. The molecule has 0 aliphatic heterocycles. The van der Waals surface area contributed by atoms with E-state index in [-0.39, 0.29) is 5.92 Å². The van der Waals surface area contributed by atoms with Crippen molar-refractivity contribution in [2.45, 2.75) is 51.5 Å². The van der Waals surface area contributed by atoms with Crippen LogP contribution in [0.2, 0.25) is 0 Å². The molecule has 0 bridgehead atoms. The molecule has 1 heterocycles. The molecule has 1 aliphatic carbocycles. The fraction of sp³-hybridized carbons (Fsp3) is 0.692. The third-order valence-electron chi connectivity index (χ3n) is 3.38. The predicted octanol–water partition coefficient (Wildman–Crippen LogP) is 2.53. The van der Waals surface area contributed by atoms with Crippen molar-refractivity contribution in [2.75, 3.05) is 7.11 Å². The molecule has 1 fully saturated rings. The van der Waals surface area contributed by atoms with Gasteiger partial charge < -0.3 is 4.74 Å². The van der Waals surface area contributed by atoms with Gasteiger partial charge >= 0.3 is 0 Å². The molecule has 17 heavy (non-hydrogen) atoms. The molecular formula is C13H20N2O2. The minimum absolute atomic E-state index is 0.00671. The second-order valence-corrected chi connectivity index (χ2v) is 4.59. The number of nitrogens with zero attached hydrogens (tertiary/aromatic N) is 2. The lowest BCUT2D eigenvalue weighted by molar-refractivity contribution is -0.122. The SMILES string of the molecule is CCCn1ncc(OC)c1C1CCCCC1=O. The number of ketones is 1. The maximum Gasteiger partial charge on any atom is 0.160 e. The molecule has 94 valence electrons. The zero-order valence-corrected chi connectivity index (χ0v) is 10.6. The van der Waals surface area contributed by atoms with Gasteiger partial charge in [-0.2, -0.15) is 5.10 Å². The van der Waals surface area contributed by atoms with E-state index in [9.17, 15) is 4.79 Å². The Morgan fingerprint density at radius 2 is 2.35 bits per heavy atom. The summed E-state index contributed by atoms with van der Waals surface area (Å²) < 4.78 is 7.28. The molecule has 1 aliphatic rings. The molecule has 4 heteroatoms. The van der Waals surface area contributed by atoms with Crippen LogP contribution in [0, 0.1) is 0 Å². The minimum Gasteiger partial charge on any atom is -0.493 e. The highest BCUT2D eigenvalue weighted by Crippen LogP contribution is 2.35. The van der Waals surface area contributed by atoms with Gasteiger partial charge in [-0.3, -0.25) is 9.48 Å². The van der Waals surface area contributed by atoms with Crippen LogP contribution in [0.15, 0.2) is 6.20 Å². The van der Waals surface area contributed by atoms with Crippen molar-refractivity contribution < 1.29 is 9.53 Å². The summed E-state index contributed by atoms with van der Waals surface area (Å²) in [7, 11) is 1.64. The van der Waals surface area contributed by atoms with Crippen molar-refractivity contribution in [3.63, 3.8) is 0 Å². The number of carbonyl (C=O) groups is 1. The maximum absolute atomic E-state index is 12.0. The second-order valence-electron chi connectivity index (χ2n) is 4.59. The number of rotatable bonds is 4. The Morgan fingerprint density at radius 3 is 3.00 bits per heavy atom. The molecule has 1 aromatic rings. The van der Waals surface area contributed by atoms with E-state index in [1.54, 1.807) is 13.3 Å². The number of hydrogen-bond acceptors (Lipinski definition) is 3. The molecule has 1 saturated carbocycles. The van der Waals surface area contributed by atoms with E-state index in [2.05, 4.69) is 12.0 Å². The molecule has 4 nitrogen and oxygen atoms in total. The maximum atomic E-state index is 12.0. The number of carbonyl (C=O) groups excluding carboxylic acids is 1. The first-order chi connectivity index (χ1) is 8.27. The van der Waals surface area contributed by atoms with Gasteiger partial charge in [-0.05, 0) is 19.3 Å². The number of Topliss-reactive ketones (excluding diaryl/α,β-unsaturated/α-hetero) is 1. The first-order valence-electron chi connectivity index (χ1n) is 6.40. The Labute approximate surface area is 102 Å². The Kier molecular flexibility index (Phi) is 3.82. The molecule has 0 aromatic carbocycles. The van der Waals surface area contributed by atoms with Gasteiger partial charge in [0.1, 0.15) is 5.78 Å². The molecule has 1 aromatic heterocycles. The number of ether oxygens (including phenoxy) is 1.